The lowest BCUT2D eigenvalue weighted by Gasteiger charge is -2.23. The molecule has 1 amide bonds. The number of hydrogen-bond acceptors (Lipinski definition) is 5. The molecule has 1 atom stereocenters. The zero-order valence-corrected chi connectivity index (χ0v) is 25.2. The van der Waals surface area contributed by atoms with Crippen LogP contribution >= 0.6 is 11.8 Å². The number of aryl methyl sites for hydroxylation is 3. The van der Waals surface area contributed by atoms with Crippen molar-refractivity contribution in [2.45, 2.75) is 52.8 Å². The van der Waals surface area contributed by atoms with Crippen LogP contribution in [-0.2, 0) is 4.79 Å². The third-order valence-corrected chi connectivity index (χ3v) is 8.24. The van der Waals surface area contributed by atoms with E-state index in [0.717, 1.165) is 40.7 Å². The second-order valence-electron chi connectivity index (χ2n) is 10.5. The molecule has 2 heterocycles. The van der Waals surface area contributed by atoms with E-state index in [-0.39, 0.29) is 17.6 Å². The zero-order chi connectivity index (χ0) is 30.7. The van der Waals surface area contributed by atoms with Crippen LogP contribution in [0.1, 0.15) is 47.9 Å². The fourth-order valence-electron chi connectivity index (χ4n) is 5.39. The van der Waals surface area contributed by atoms with Crippen LogP contribution in [0.4, 0.5) is 18.9 Å². The highest BCUT2D eigenvalue weighted by molar-refractivity contribution is 8.14. The maximum atomic E-state index is 13.1. The molecule has 3 aromatic carbocycles. The first-order valence-corrected chi connectivity index (χ1v) is 15.0. The summed E-state index contributed by atoms with van der Waals surface area (Å²) in [4.78, 5) is 24.2. The lowest BCUT2D eigenvalue weighted by molar-refractivity contribution is -0.274. The van der Waals surface area contributed by atoms with E-state index in [1.807, 2.05) is 24.3 Å². The zero-order valence-electron chi connectivity index (χ0n) is 24.4. The summed E-state index contributed by atoms with van der Waals surface area (Å²) in [6, 6.07) is 17.5. The molecule has 1 aliphatic heterocycles. The molecule has 0 bridgehead atoms. The van der Waals surface area contributed by atoms with E-state index in [0.29, 0.717) is 17.9 Å². The molecule has 1 unspecified atom stereocenters. The van der Waals surface area contributed by atoms with Gasteiger partial charge in [-0.05, 0) is 74.1 Å². The number of aliphatic imine (C=N–C) groups is 1. The van der Waals surface area contributed by atoms with Crippen LogP contribution in [0.5, 0.6) is 5.75 Å². The molecule has 0 radical (unpaired) electrons. The van der Waals surface area contributed by atoms with Gasteiger partial charge in [0.1, 0.15) is 12.1 Å². The predicted molar refractivity (Wildman–Crippen MR) is 164 cm³/mol. The second-order valence-corrected chi connectivity index (χ2v) is 11.6. The number of aromatic nitrogens is 3. The molecule has 224 valence electrons. The van der Waals surface area contributed by atoms with Crippen LogP contribution in [-0.4, -0.2) is 44.5 Å². The molecule has 7 nitrogen and oxygen atoms in total. The molecule has 1 fully saturated rings. The molecule has 0 saturated carbocycles. The highest BCUT2D eigenvalue weighted by Crippen LogP contribution is 2.33. The molecule has 1 aromatic heterocycles. The van der Waals surface area contributed by atoms with Crippen LogP contribution in [0.15, 0.2) is 72.0 Å². The van der Waals surface area contributed by atoms with E-state index in [2.05, 4.69) is 64.5 Å². The standard InChI is InChI=1S/C32H32F3N5O2S/c1-5-23(18-28(41)37-31-39(14-15-43-31)29-21(3)16-20(2)17-22(29)4)24-6-8-25(9-7-24)30-36-19-40(38-30)26-10-12-27(13-11-26)42-32(33,34)35/h6-13,16-17,19,23H,5,14-15,18H2,1-4H3. The average Bonchev–Trinajstić information content (AvgIpc) is 3.61. The van der Waals surface area contributed by atoms with E-state index in [1.165, 1.54) is 52.0 Å². The van der Waals surface area contributed by atoms with Crippen molar-refractivity contribution in [3.8, 4) is 22.8 Å². The summed E-state index contributed by atoms with van der Waals surface area (Å²) in [6.07, 6.45) is -2.16. The van der Waals surface area contributed by atoms with Crippen molar-refractivity contribution in [1.82, 2.24) is 14.8 Å². The number of benzene rings is 3. The van der Waals surface area contributed by atoms with Crippen molar-refractivity contribution in [3.63, 3.8) is 0 Å². The molecule has 5 rings (SSSR count). The smallest absolute Gasteiger partial charge is 0.406 e. The summed E-state index contributed by atoms with van der Waals surface area (Å²) >= 11 is 1.62. The summed E-state index contributed by atoms with van der Waals surface area (Å²) < 4.78 is 42.7. The van der Waals surface area contributed by atoms with Gasteiger partial charge in [-0.3, -0.25) is 4.79 Å². The van der Waals surface area contributed by atoms with Gasteiger partial charge in [-0.2, -0.15) is 4.99 Å². The van der Waals surface area contributed by atoms with Crippen LogP contribution < -0.4 is 9.64 Å². The number of anilines is 1. The number of alkyl halides is 3. The van der Waals surface area contributed by atoms with Gasteiger partial charge in [0, 0.05) is 30.0 Å². The number of ether oxygens (including phenoxy) is 1. The quantitative estimate of drug-likeness (QED) is 0.204. The van der Waals surface area contributed by atoms with Gasteiger partial charge in [0.05, 0.1) is 5.69 Å². The van der Waals surface area contributed by atoms with Gasteiger partial charge in [0.15, 0.2) is 11.0 Å². The Morgan fingerprint density at radius 1 is 1.05 bits per heavy atom. The molecule has 43 heavy (non-hydrogen) atoms. The van der Waals surface area contributed by atoms with Crippen molar-refractivity contribution in [1.29, 1.82) is 0 Å². The van der Waals surface area contributed by atoms with Crippen molar-refractivity contribution in [3.05, 3.63) is 89.2 Å². The second kappa shape index (κ2) is 12.6. The number of thioether (sulfide) groups is 1. The number of carbonyl (C=O) groups is 1. The normalized spacial score (nSPS) is 15.2. The third-order valence-electron chi connectivity index (χ3n) is 7.28. The third kappa shape index (κ3) is 7.27. The lowest BCUT2D eigenvalue weighted by atomic mass is 9.92. The Morgan fingerprint density at radius 3 is 2.35 bits per heavy atom. The SMILES string of the molecule is CCC(CC(=O)N=C1SCCN1c1c(C)cc(C)cc1C)c1ccc(-c2ncn(-c3ccc(OC(F)(F)F)cc3)n2)cc1. The molecule has 1 saturated heterocycles. The molecule has 0 spiro atoms. The molecule has 1 aliphatic rings. The van der Waals surface area contributed by atoms with Gasteiger partial charge >= 0.3 is 6.36 Å². The van der Waals surface area contributed by atoms with Gasteiger partial charge in [-0.1, -0.05) is 60.6 Å². The number of hydrogen-bond donors (Lipinski definition) is 0. The Labute approximate surface area is 252 Å². The van der Waals surface area contributed by atoms with Crippen LogP contribution in [0.2, 0.25) is 0 Å². The fourth-order valence-corrected chi connectivity index (χ4v) is 6.35. The Hall–Kier alpha value is -4.12. The average molecular weight is 608 g/mol. The monoisotopic (exact) mass is 607 g/mol. The Kier molecular flexibility index (Phi) is 8.91. The topological polar surface area (TPSA) is 72.6 Å². The van der Waals surface area contributed by atoms with E-state index in [1.54, 1.807) is 11.8 Å². The molecule has 0 N–H and O–H groups in total. The van der Waals surface area contributed by atoms with E-state index in [9.17, 15) is 18.0 Å². The molecular weight excluding hydrogens is 575 g/mol. The minimum Gasteiger partial charge on any atom is -0.406 e. The maximum Gasteiger partial charge on any atom is 0.573 e. The molecule has 0 aliphatic carbocycles. The van der Waals surface area contributed by atoms with Crippen molar-refractivity contribution < 1.29 is 22.7 Å². The Balaban J connectivity index is 1.26. The van der Waals surface area contributed by atoms with E-state index >= 15 is 0 Å². The number of carbonyl (C=O) groups excluding carboxylic acids is 1. The van der Waals surface area contributed by atoms with Crippen molar-refractivity contribution >= 4 is 28.5 Å². The Morgan fingerprint density at radius 2 is 1.72 bits per heavy atom. The van der Waals surface area contributed by atoms with Crippen LogP contribution in [0.25, 0.3) is 17.1 Å². The van der Waals surface area contributed by atoms with Crippen LogP contribution in [0.3, 0.4) is 0 Å². The highest BCUT2D eigenvalue weighted by Gasteiger charge is 2.31. The fraction of sp³-hybridized carbons (Fsp3) is 0.312. The lowest BCUT2D eigenvalue weighted by Crippen LogP contribution is -2.26. The Bertz CT molecular complexity index is 1610. The number of amidine groups is 1. The minimum atomic E-state index is -4.75. The summed E-state index contributed by atoms with van der Waals surface area (Å²) in [7, 11) is 0. The van der Waals surface area contributed by atoms with Crippen molar-refractivity contribution in [2.24, 2.45) is 4.99 Å². The molecule has 4 aromatic rings. The largest absolute Gasteiger partial charge is 0.573 e. The molecule has 11 heteroatoms. The van der Waals surface area contributed by atoms with Gasteiger partial charge in [0.25, 0.3) is 0 Å². The summed E-state index contributed by atoms with van der Waals surface area (Å²) in [5.41, 5.74) is 7.06. The minimum absolute atomic E-state index is 0.0107. The van der Waals surface area contributed by atoms with Crippen LogP contribution in [0, 0.1) is 20.8 Å². The number of nitrogens with zero attached hydrogens (tertiary/aromatic N) is 5. The predicted octanol–water partition coefficient (Wildman–Crippen LogP) is 7.78. The van der Waals surface area contributed by atoms with Gasteiger partial charge in [-0.15, -0.1) is 18.3 Å². The maximum absolute atomic E-state index is 13.1. The molecular formula is C32H32F3N5O2S. The number of halogens is 3. The van der Waals surface area contributed by atoms with Gasteiger partial charge in [0.2, 0.25) is 5.91 Å². The van der Waals surface area contributed by atoms with Gasteiger partial charge in [-0.25, -0.2) is 9.67 Å². The number of amides is 1. The first kappa shape index (κ1) is 30.3. The van der Waals surface area contributed by atoms with E-state index in [4.69, 9.17) is 0 Å². The summed E-state index contributed by atoms with van der Waals surface area (Å²) in [5.74, 6) is 0.923. The van der Waals surface area contributed by atoms with Crippen molar-refractivity contribution in [2.75, 3.05) is 17.2 Å². The van der Waals surface area contributed by atoms with Gasteiger partial charge < -0.3 is 9.64 Å². The number of rotatable bonds is 8. The first-order chi connectivity index (χ1) is 20.5. The first-order valence-electron chi connectivity index (χ1n) is 14.0. The summed E-state index contributed by atoms with van der Waals surface area (Å²) in [5, 5.41) is 5.23. The van der Waals surface area contributed by atoms with E-state index < -0.39 is 6.36 Å². The summed E-state index contributed by atoms with van der Waals surface area (Å²) in [6.45, 7) is 9.17. The highest BCUT2D eigenvalue weighted by atomic mass is 32.2.